The fraction of sp³-hybridized carbons (Fsp3) is 1.00. The zero-order chi connectivity index (χ0) is 10.5. The first-order chi connectivity index (χ1) is 5.71. The Morgan fingerprint density at radius 2 is 1.15 bits per heavy atom. The van der Waals surface area contributed by atoms with E-state index >= 15 is 0 Å². The van der Waals surface area contributed by atoms with Gasteiger partial charge in [-0.25, -0.2) is 0 Å². The minimum atomic E-state index is -0.127. The molecule has 0 aromatic rings. The van der Waals surface area contributed by atoms with Crippen LogP contribution in [0.3, 0.4) is 0 Å². The topological polar surface area (TPSA) is 61.3 Å². The van der Waals surface area contributed by atoms with Crippen LogP contribution in [0.15, 0.2) is 0 Å². The molecule has 0 spiro atoms. The highest BCUT2D eigenvalue weighted by Crippen LogP contribution is 2.06. The molecule has 13 heavy (non-hydrogen) atoms. The Kier molecular flexibility index (Phi) is 4.89. The van der Waals surface area contributed by atoms with Crippen LogP contribution in [0.2, 0.25) is 0 Å². The Morgan fingerprint density at radius 3 is 1.38 bits per heavy atom. The van der Waals surface area contributed by atoms with E-state index in [1.807, 2.05) is 27.7 Å². The van der Waals surface area contributed by atoms with Crippen LogP contribution in [0.1, 0.15) is 40.5 Å². The molecule has 0 rings (SSSR count). The highest BCUT2D eigenvalue weighted by atomic mass is 16.5. The third-order valence-electron chi connectivity index (χ3n) is 1.78. The molecular formula is C10H24N2O. The summed E-state index contributed by atoms with van der Waals surface area (Å²) >= 11 is 0. The van der Waals surface area contributed by atoms with Crippen LogP contribution in [-0.4, -0.2) is 24.3 Å². The van der Waals surface area contributed by atoms with Crippen molar-refractivity contribution in [1.82, 2.24) is 0 Å². The summed E-state index contributed by atoms with van der Waals surface area (Å²) in [6.45, 7) is 9.46. The molecule has 0 saturated heterocycles. The molecule has 0 amide bonds. The van der Waals surface area contributed by atoms with Gasteiger partial charge in [-0.05, 0) is 40.5 Å². The fourth-order valence-electron chi connectivity index (χ4n) is 0.772. The Balaban J connectivity index is 3.28. The smallest absolute Gasteiger partial charge is 0.0483 e. The quantitative estimate of drug-likeness (QED) is 0.617. The molecule has 0 aromatic heterocycles. The van der Waals surface area contributed by atoms with Crippen LogP contribution >= 0.6 is 0 Å². The molecule has 0 atom stereocenters. The lowest BCUT2D eigenvalue weighted by Gasteiger charge is -2.20. The lowest BCUT2D eigenvalue weighted by molar-refractivity contribution is 0.106. The van der Waals surface area contributed by atoms with E-state index in [0.717, 1.165) is 26.1 Å². The van der Waals surface area contributed by atoms with E-state index in [4.69, 9.17) is 16.2 Å². The van der Waals surface area contributed by atoms with E-state index in [1.165, 1.54) is 0 Å². The molecule has 0 aliphatic carbocycles. The van der Waals surface area contributed by atoms with Crippen molar-refractivity contribution in [2.45, 2.75) is 51.6 Å². The average Bonchev–Trinajstić information content (AvgIpc) is 1.81. The summed E-state index contributed by atoms with van der Waals surface area (Å²) in [6, 6.07) is 0. The van der Waals surface area contributed by atoms with Gasteiger partial charge >= 0.3 is 0 Å². The molecule has 0 saturated carbocycles. The van der Waals surface area contributed by atoms with E-state index in [2.05, 4.69) is 0 Å². The zero-order valence-corrected chi connectivity index (χ0v) is 9.39. The first kappa shape index (κ1) is 12.9. The van der Waals surface area contributed by atoms with Crippen LogP contribution in [0.4, 0.5) is 0 Å². The molecule has 4 N–H and O–H groups in total. The molecule has 80 valence electrons. The predicted octanol–water partition coefficient (Wildman–Crippen LogP) is 1.26. The maximum atomic E-state index is 5.80. The second-order valence-electron chi connectivity index (χ2n) is 5.09. The lowest BCUT2D eigenvalue weighted by Crippen LogP contribution is -2.35. The van der Waals surface area contributed by atoms with Crippen LogP contribution in [0, 0.1) is 0 Å². The van der Waals surface area contributed by atoms with Crippen molar-refractivity contribution in [3.8, 4) is 0 Å². The molecule has 0 unspecified atom stereocenters. The van der Waals surface area contributed by atoms with E-state index in [1.54, 1.807) is 0 Å². The van der Waals surface area contributed by atoms with Gasteiger partial charge in [0.05, 0.1) is 0 Å². The number of hydrogen-bond donors (Lipinski definition) is 2. The van der Waals surface area contributed by atoms with E-state index in [-0.39, 0.29) is 11.1 Å². The van der Waals surface area contributed by atoms with Gasteiger partial charge in [-0.1, -0.05) is 0 Å². The van der Waals surface area contributed by atoms with Crippen LogP contribution in [-0.2, 0) is 4.74 Å². The van der Waals surface area contributed by atoms with Crippen molar-refractivity contribution < 1.29 is 4.74 Å². The van der Waals surface area contributed by atoms with Gasteiger partial charge in [0.15, 0.2) is 0 Å². The van der Waals surface area contributed by atoms with Crippen LogP contribution in [0.25, 0.3) is 0 Å². The Hall–Kier alpha value is -0.120. The Labute approximate surface area is 81.8 Å². The highest BCUT2D eigenvalue weighted by molar-refractivity contribution is 4.72. The highest BCUT2D eigenvalue weighted by Gasteiger charge is 2.12. The number of nitrogens with two attached hydrogens (primary N) is 2. The lowest BCUT2D eigenvalue weighted by atomic mass is 10.0. The summed E-state index contributed by atoms with van der Waals surface area (Å²) in [5, 5.41) is 0. The van der Waals surface area contributed by atoms with Gasteiger partial charge in [0, 0.05) is 24.3 Å². The minimum Gasteiger partial charge on any atom is -0.381 e. The van der Waals surface area contributed by atoms with Gasteiger partial charge in [-0.15, -0.1) is 0 Å². The van der Waals surface area contributed by atoms with E-state index in [0.29, 0.717) is 0 Å². The molecule has 0 fully saturated rings. The van der Waals surface area contributed by atoms with Crippen LogP contribution in [0.5, 0.6) is 0 Å². The summed E-state index contributed by atoms with van der Waals surface area (Å²) in [5.41, 5.74) is 11.3. The molecule has 3 nitrogen and oxygen atoms in total. The van der Waals surface area contributed by atoms with Gasteiger partial charge in [0.2, 0.25) is 0 Å². The average molecular weight is 188 g/mol. The molecule has 0 heterocycles. The second-order valence-corrected chi connectivity index (χ2v) is 5.09. The number of ether oxygens (including phenoxy) is 1. The summed E-state index contributed by atoms with van der Waals surface area (Å²) in [5.74, 6) is 0. The summed E-state index contributed by atoms with van der Waals surface area (Å²) < 4.78 is 5.43. The third-order valence-corrected chi connectivity index (χ3v) is 1.78. The fourth-order valence-corrected chi connectivity index (χ4v) is 0.772. The number of hydrogen-bond acceptors (Lipinski definition) is 3. The Bertz CT molecular complexity index is 117. The van der Waals surface area contributed by atoms with E-state index in [9.17, 15) is 0 Å². The molecule has 0 aliphatic heterocycles. The van der Waals surface area contributed by atoms with E-state index < -0.39 is 0 Å². The normalized spacial score (nSPS) is 13.4. The minimum absolute atomic E-state index is 0.127. The van der Waals surface area contributed by atoms with Crippen molar-refractivity contribution in [2.24, 2.45) is 11.5 Å². The van der Waals surface area contributed by atoms with Crippen LogP contribution < -0.4 is 11.5 Å². The second kappa shape index (κ2) is 4.94. The maximum absolute atomic E-state index is 5.80. The first-order valence-electron chi connectivity index (χ1n) is 4.86. The van der Waals surface area contributed by atoms with Crippen molar-refractivity contribution in [3.05, 3.63) is 0 Å². The van der Waals surface area contributed by atoms with Gasteiger partial charge < -0.3 is 16.2 Å². The largest absolute Gasteiger partial charge is 0.381 e. The van der Waals surface area contributed by atoms with Gasteiger partial charge in [-0.2, -0.15) is 0 Å². The molecule has 0 radical (unpaired) electrons. The van der Waals surface area contributed by atoms with Crippen molar-refractivity contribution in [1.29, 1.82) is 0 Å². The Morgan fingerprint density at radius 1 is 0.846 bits per heavy atom. The number of rotatable bonds is 6. The maximum Gasteiger partial charge on any atom is 0.0483 e. The summed E-state index contributed by atoms with van der Waals surface area (Å²) in [6.07, 6.45) is 1.77. The first-order valence-corrected chi connectivity index (χ1v) is 4.86. The molecular weight excluding hydrogens is 164 g/mol. The zero-order valence-electron chi connectivity index (χ0n) is 9.39. The SMILES string of the molecule is CC(C)(N)CCOCCC(C)(C)N. The van der Waals surface area contributed by atoms with Gasteiger partial charge in [0.1, 0.15) is 0 Å². The monoisotopic (exact) mass is 188 g/mol. The predicted molar refractivity (Wildman–Crippen MR) is 56.6 cm³/mol. The van der Waals surface area contributed by atoms with Crippen molar-refractivity contribution >= 4 is 0 Å². The molecule has 3 heteroatoms. The summed E-state index contributed by atoms with van der Waals surface area (Å²) in [7, 11) is 0. The standard InChI is InChI=1S/C10H24N2O/c1-9(2,11)5-7-13-8-6-10(3,4)12/h5-8,11-12H2,1-4H3. The van der Waals surface area contributed by atoms with Crippen molar-refractivity contribution in [3.63, 3.8) is 0 Å². The summed E-state index contributed by atoms with van der Waals surface area (Å²) in [4.78, 5) is 0. The molecule has 0 aromatic carbocycles. The van der Waals surface area contributed by atoms with Gasteiger partial charge in [-0.3, -0.25) is 0 Å². The van der Waals surface area contributed by atoms with Gasteiger partial charge in [0.25, 0.3) is 0 Å². The third kappa shape index (κ3) is 11.9. The molecule has 0 aliphatic rings. The van der Waals surface area contributed by atoms with Crippen molar-refractivity contribution in [2.75, 3.05) is 13.2 Å². The molecule has 0 bridgehead atoms.